The molecule has 0 spiro atoms. The fourth-order valence-electron chi connectivity index (χ4n) is 22.1. The lowest BCUT2D eigenvalue weighted by Crippen LogP contribution is -2.10. The van der Waals surface area contributed by atoms with Crippen molar-refractivity contribution in [1.29, 1.82) is 0 Å². The van der Waals surface area contributed by atoms with E-state index in [0.717, 1.165) is 39.8 Å². The molecule has 6 aromatic heterocycles. The summed E-state index contributed by atoms with van der Waals surface area (Å²) in [5.74, 6) is 0. The van der Waals surface area contributed by atoms with Crippen LogP contribution in [0.3, 0.4) is 0 Å². The highest BCUT2D eigenvalue weighted by Gasteiger charge is 2.29. The molecular formula is C140H94N6S3. The molecule has 0 fully saturated rings. The summed E-state index contributed by atoms with van der Waals surface area (Å²) in [6, 6.07) is 206. The van der Waals surface area contributed by atoms with E-state index in [0.29, 0.717) is 0 Å². The van der Waals surface area contributed by atoms with Crippen LogP contribution in [0.1, 0.15) is 0 Å². The molecule has 0 aliphatic carbocycles. The fourth-order valence-corrected chi connectivity index (χ4v) is 26.0. The Morgan fingerprint density at radius 2 is 0.362 bits per heavy atom. The maximum Gasteiger partial charge on any atom is 0.0728 e. The topological polar surface area (TPSA) is 24.5 Å². The van der Waals surface area contributed by atoms with Gasteiger partial charge in [0.25, 0.3) is 0 Å². The Morgan fingerprint density at radius 3 is 0.705 bits per heavy atom. The third-order valence-corrected chi connectivity index (χ3v) is 32.7. The van der Waals surface area contributed by atoms with E-state index in [4.69, 9.17) is 0 Å². The van der Waals surface area contributed by atoms with Crippen LogP contribution in [0.25, 0.3) is 199 Å². The van der Waals surface area contributed by atoms with Crippen molar-refractivity contribution in [2.24, 2.45) is 0 Å². The van der Waals surface area contributed by atoms with Crippen molar-refractivity contribution >= 4 is 200 Å². The second kappa shape index (κ2) is 38.7. The first-order chi connectivity index (χ1) is 74.0. The van der Waals surface area contributed by atoms with Crippen molar-refractivity contribution in [3.05, 3.63) is 570 Å². The van der Waals surface area contributed by atoms with Gasteiger partial charge < -0.3 is 28.4 Å². The van der Waals surface area contributed by atoms with E-state index < -0.39 is 0 Å². The van der Waals surface area contributed by atoms with Crippen molar-refractivity contribution in [3.63, 3.8) is 0 Å². The van der Waals surface area contributed by atoms with Gasteiger partial charge >= 0.3 is 0 Å². The smallest absolute Gasteiger partial charge is 0.0728 e. The molecule has 149 heavy (non-hydrogen) atoms. The van der Waals surface area contributed by atoms with Gasteiger partial charge in [0.15, 0.2) is 0 Å². The largest absolute Gasteiger partial charge is 0.309 e. The lowest BCUT2D eigenvalue weighted by Gasteiger charge is -2.27. The predicted octanol–water partition coefficient (Wildman–Crippen LogP) is 40.7. The normalized spacial score (nSPS) is 11.5. The van der Waals surface area contributed by atoms with Gasteiger partial charge in [0, 0.05) is 83.5 Å². The van der Waals surface area contributed by atoms with Crippen molar-refractivity contribution < 1.29 is 0 Å². The monoisotopic (exact) mass is 1950 g/mol. The van der Waals surface area contributed by atoms with E-state index in [1.807, 2.05) is 34.0 Å². The van der Waals surface area contributed by atoms with Crippen molar-refractivity contribution in [1.82, 2.24) is 13.7 Å². The molecule has 0 saturated carbocycles. The Balaban J connectivity index is 0.000000110. The van der Waals surface area contributed by atoms with E-state index in [1.54, 1.807) is 0 Å². The minimum atomic E-state index is 1.11. The molecule has 0 saturated heterocycles. The summed E-state index contributed by atoms with van der Waals surface area (Å²) in [4.78, 5) is 7.26. The molecular weight excluding hydrogens is 1860 g/mol. The molecule has 702 valence electrons. The molecule has 23 aromatic carbocycles. The molecule has 6 heterocycles. The maximum atomic E-state index is 2.44. The van der Waals surface area contributed by atoms with Gasteiger partial charge in [-0.3, -0.25) is 0 Å². The molecule has 0 N–H and O–H groups in total. The maximum absolute atomic E-state index is 2.44. The number of fused-ring (bicyclic) bond motifs is 17. The van der Waals surface area contributed by atoms with Gasteiger partial charge in [-0.1, -0.05) is 425 Å². The number of para-hydroxylation sites is 7. The van der Waals surface area contributed by atoms with Crippen LogP contribution >= 0.6 is 34.0 Å². The van der Waals surface area contributed by atoms with Crippen LogP contribution in [0, 0.1) is 0 Å². The molecule has 0 amide bonds. The van der Waals surface area contributed by atoms with Gasteiger partial charge in [0.1, 0.15) is 0 Å². The summed E-state index contributed by atoms with van der Waals surface area (Å²) in [5.41, 5.74) is 35.8. The zero-order valence-corrected chi connectivity index (χ0v) is 83.6. The number of anilines is 9. The van der Waals surface area contributed by atoms with Gasteiger partial charge in [-0.05, 0) is 234 Å². The third kappa shape index (κ3) is 16.3. The lowest BCUT2D eigenvalue weighted by atomic mass is 9.98. The van der Waals surface area contributed by atoms with Crippen molar-refractivity contribution in [3.8, 4) is 83.8 Å². The number of rotatable bonds is 18. The van der Waals surface area contributed by atoms with Crippen molar-refractivity contribution in [2.75, 3.05) is 14.7 Å². The van der Waals surface area contributed by atoms with Gasteiger partial charge in [0.05, 0.1) is 78.4 Å². The minimum Gasteiger partial charge on any atom is -0.309 e. The van der Waals surface area contributed by atoms with Gasteiger partial charge in [-0.25, -0.2) is 0 Å². The number of benzene rings is 23. The molecule has 0 aliphatic rings. The van der Waals surface area contributed by atoms with E-state index in [2.05, 4.69) is 599 Å². The van der Waals surface area contributed by atoms with Gasteiger partial charge in [-0.2, -0.15) is 0 Å². The highest BCUT2D eigenvalue weighted by atomic mass is 32.1. The number of nitrogens with zero attached hydrogens (tertiary/aromatic N) is 6. The Morgan fingerprint density at radius 1 is 0.141 bits per heavy atom. The molecule has 0 aliphatic heterocycles. The quantitative estimate of drug-likeness (QED) is 0.0856. The number of hydrogen-bond acceptors (Lipinski definition) is 6. The van der Waals surface area contributed by atoms with Crippen molar-refractivity contribution in [2.45, 2.75) is 0 Å². The zero-order valence-electron chi connectivity index (χ0n) is 81.2. The second-order valence-electron chi connectivity index (χ2n) is 37.7. The first-order valence-corrected chi connectivity index (χ1v) is 53.1. The van der Waals surface area contributed by atoms with Gasteiger partial charge in [-0.15, -0.1) is 34.0 Å². The van der Waals surface area contributed by atoms with Crippen LogP contribution in [0.5, 0.6) is 0 Å². The number of hydrogen-bond donors (Lipinski definition) is 0. The minimum absolute atomic E-state index is 1.11. The van der Waals surface area contributed by atoms with Crippen LogP contribution < -0.4 is 14.7 Å². The third-order valence-electron chi connectivity index (χ3n) is 29.0. The summed E-state index contributed by atoms with van der Waals surface area (Å²) >= 11 is 5.67. The first-order valence-electron chi connectivity index (χ1n) is 50.7. The molecule has 0 atom stereocenters. The molecule has 29 aromatic rings. The molecule has 0 bridgehead atoms. The highest BCUT2D eigenvalue weighted by Crippen LogP contribution is 2.54. The lowest BCUT2D eigenvalue weighted by molar-refractivity contribution is 1.19. The van der Waals surface area contributed by atoms with E-state index in [-0.39, 0.29) is 0 Å². The summed E-state index contributed by atoms with van der Waals surface area (Å²) < 4.78 is 15.0. The average Bonchev–Trinajstić information content (AvgIpc) is 1.56. The number of aromatic nitrogens is 3. The Hall–Kier alpha value is -18.7. The summed E-state index contributed by atoms with van der Waals surface area (Å²) in [6.45, 7) is 0. The molecule has 6 nitrogen and oxygen atoms in total. The second-order valence-corrected chi connectivity index (χ2v) is 40.7. The van der Waals surface area contributed by atoms with Crippen LogP contribution in [0.15, 0.2) is 570 Å². The Labute approximate surface area is 875 Å². The fraction of sp³-hybridized carbons (Fsp3) is 0. The zero-order chi connectivity index (χ0) is 98.6. The van der Waals surface area contributed by atoms with Crippen LogP contribution in [-0.2, 0) is 0 Å². The predicted molar refractivity (Wildman–Crippen MR) is 640 cm³/mol. The van der Waals surface area contributed by atoms with E-state index in [1.165, 1.54) is 210 Å². The molecule has 9 heteroatoms. The Bertz CT molecular complexity index is 9970. The van der Waals surface area contributed by atoms with E-state index in [9.17, 15) is 0 Å². The first kappa shape index (κ1) is 89.1. The van der Waals surface area contributed by atoms with Gasteiger partial charge in [0.2, 0.25) is 0 Å². The SMILES string of the molecule is c1ccc(-c2ccc(-c3cccc(N(c4ccc(-c5ccccc5)cc4)c4cccc5c4sc4c6ccccc6n(-c6ccccc6)c54)c3)cc2)cc1.c1ccc(-c2ccc(N(c3ccc(-c4cccc5ccccc45)cc3)c3cccc4c3sc3c5ccccc5n(-c5ccccc5)c43)cc2)cc1.c1ccc(N(c2ccc(-c3cccc4ccccc34)cc2)c2cccc3c2sc2c4ccccc4n(-c4ccccc4)c32)cc1. The molecule has 29 rings (SSSR count). The highest BCUT2D eigenvalue weighted by molar-refractivity contribution is 7.28. The summed E-state index contributed by atoms with van der Waals surface area (Å²) in [7, 11) is 0. The standard InChI is InChI=1S/C50H34N2S.C48H32N2S.C42H28N2S/c1-4-14-35(15-5-1)37-26-28-39(29-27-37)40-18-12-21-43(34-40)51(42-32-30-38(31-33-42)36-16-6-2-7-17-36)47-25-13-23-45-48-50(53-49(45)47)44-22-10-11-24-46(44)52(48)41-19-8-3-9-20-41;1-3-13-33(14-4-1)34-25-29-38(30-26-34)49(39-31-27-36(28-32-39)41-21-11-16-35-15-7-8-19-40(35)41)45-24-12-22-43-46-48(51-47(43)45)42-20-9-10-23-44(42)50(46)37-17-5-2-6-18-37;1-3-15-31(16-4-1)43(33-27-25-30(26-28-33)35-21-11-14-29-13-7-8-19-34(29)35)39-24-12-22-37-40-42(45-41(37)39)36-20-9-10-23-38(36)44(40)32-17-5-2-6-18-32/h1-34H;1-32H;1-28H. The van der Waals surface area contributed by atoms with E-state index >= 15 is 0 Å². The average molecular weight is 1960 g/mol. The Kier molecular flexibility index (Phi) is 23.2. The molecule has 0 radical (unpaired) electrons. The summed E-state index contributed by atoms with van der Waals surface area (Å²) in [5, 5.41) is 12.7. The number of thiophene rings is 3. The molecule has 0 unspecified atom stereocenters. The van der Waals surface area contributed by atoms with Crippen LogP contribution in [0.4, 0.5) is 51.2 Å². The summed E-state index contributed by atoms with van der Waals surface area (Å²) in [6.07, 6.45) is 0. The van der Waals surface area contributed by atoms with Crippen LogP contribution in [-0.4, -0.2) is 13.7 Å². The van der Waals surface area contributed by atoms with Crippen LogP contribution in [0.2, 0.25) is 0 Å².